The van der Waals surface area contributed by atoms with Crippen LogP contribution in [0.2, 0.25) is 0 Å². The predicted molar refractivity (Wildman–Crippen MR) is 111 cm³/mol. The third-order valence-corrected chi connectivity index (χ3v) is 3.61. The van der Waals surface area contributed by atoms with Gasteiger partial charge in [0.1, 0.15) is 5.75 Å². The summed E-state index contributed by atoms with van der Waals surface area (Å²) < 4.78 is 46.4. The summed E-state index contributed by atoms with van der Waals surface area (Å²) in [6.07, 6.45) is -4.35. The minimum atomic E-state index is -4.35. The fraction of sp³-hybridized carbons (Fsp3) is 0.444. The molecule has 28 heavy (non-hydrogen) atoms. The van der Waals surface area contributed by atoms with Gasteiger partial charge in [-0.3, -0.25) is 4.99 Å². The Hall–Kier alpha value is -1.98. The highest BCUT2D eigenvalue weighted by Gasteiger charge is 2.28. The van der Waals surface area contributed by atoms with Crippen molar-refractivity contribution in [2.75, 3.05) is 13.7 Å². The maximum absolute atomic E-state index is 12.1. The van der Waals surface area contributed by atoms with Crippen molar-refractivity contribution in [1.82, 2.24) is 15.8 Å². The normalized spacial score (nSPS) is 11.9. The topological polar surface area (TPSA) is 71.7 Å². The van der Waals surface area contributed by atoms with E-state index in [4.69, 9.17) is 4.52 Å². The number of halogens is 4. The number of nitrogens with one attached hydrogen (secondary N) is 2. The van der Waals surface area contributed by atoms with Crippen molar-refractivity contribution in [3.63, 3.8) is 0 Å². The van der Waals surface area contributed by atoms with Crippen LogP contribution in [0, 0.1) is 0 Å². The van der Waals surface area contributed by atoms with E-state index in [9.17, 15) is 13.2 Å². The molecule has 0 unspecified atom stereocenters. The molecule has 156 valence electrons. The molecule has 1 heterocycles. The molecule has 0 saturated heterocycles. The van der Waals surface area contributed by atoms with Gasteiger partial charge in [-0.05, 0) is 23.6 Å². The lowest BCUT2D eigenvalue weighted by molar-refractivity contribution is -0.153. The van der Waals surface area contributed by atoms with Gasteiger partial charge in [-0.25, -0.2) is 0 Å². The number of hydrogen-bond donors (Lipinski definition) is 2. The number of hydrogen-bond acceptors (Lipinski definition) is 4. The molecule has 0 fully saturated rings. The van der Waals surface area contributed by atoms with Crippen LogP contribution in [0.1, 0.15) is 36.8 Å². The zero-order valence-corrected chi connectivity index (χ0v) is 18.2. The third-order valence-electron chi connectivity index (χ3n) is 3.61. The molecule has 0 atom stereocenters. The quantitative estimate of drug-likeness (QED) is 0.330. The average Bonchev–Trinajstić information content (AvgIpc) is 3.10. The molecule has 0 saturated carbocycles. The molecule has 2 N–H and O–H groups in total. The smallest absolute Gasteiger partial charge is 0.422 e. The number of ether oxygens (including phenoxy) is 1. The van der Waals surface area contributed by atoms with Crippen LogP contribution in [0.5, 0.6) is 5.75 Å². The SMILES string of the molecule is CN=C(NCc1ccc(OCC(F)(F)F)cc1)NCc1cc(C(C)C)no1.I. The predicted octanol–water partition coefficient (Wildman–Crippen LogP) is 4.22. The standard InChI is InChI=1S/C18H23F3N4O2.HI/c1-12(2)16-8-15(27-25-16)10-24-17(22-3)23-9-13-4-6-14(7-5-13)26-11-18(19,20)21;/h4-8,12H,9-11H2,1-3H3,(H2,22,23,24);1H. The Kier molecular flexibility index (Phi) is 9.56. The highest BCUT2D eigenvalue weighted by atomic mass is 127. The van der Waals surface area contributed by atoms with Crippen molar-refractivity contribution in [3.05, 3.63) is 47.3 Å². The first-order valence-corrected chi connectivity index (χ1v) is 8.45. The fourth-order valence-corrected chi connectivity index (χ4v) is 2.13. The van der Waals surface area contributed by atoms with Gasteiger partial charge >= 0.3 is 6.18 Å². The lowest BCUT2D eigenvalue weighted by atomic mass is 10.1. The number of benzene rings is 1. The van der Waals surface area contributed by atoms with Gasteiger partial charge in [-0.2, -0.15) is 13.2 Å². The summed E-state index contributed by atoms with van der Waals surface area (Å²) in [5, 5.41) is 10.2. The zero-order chi connectivity index (χ0) is 19.9. The Balaban J connectivity index is 0.00000392. The van der Waals surface area contributed by atoms with E-state index in [1.54, 1.807) is 19.2 Å². The van der Waals surface area contributed by atoms with Crippen molar-refractivity contribution < 1.29 is 22.4 Å². The monoisotopic (exact) mass is 512 g/mol. The van der Waals surface area contributed by atoms with E-state index in [-0.39, 0.29) is 29.7 Å². The van der Waals surface area contributed by atoms with E-state index >= 15 is 0 Å². The van der Waals surface area contributed by atoms with Crippen LogP contribution in [-0.4, -0.2) is 30.9 Å². The molecule has 0 aliphatic rings. The zero-order valence-electron chi connectivity index (χ0n) is 15.8. The Morgan fingerprint density at radius 3 is 2.36 bits per heavy atom. The summed E-state index contributed by atoms with van der Waals surface area (Å²) >= 11 is 0. The van der Waals surface area contributed by atoms with Crippen LogP contribution in [0.25, 0.3) is 0 Å². The number of aromatic nitrogens is 1. The minimum absolute atomic E-state index is 0. The van der Waals surface area contributed by atoms with Crippen molar-refractivity contribution >= 4 is 29.9 Å². The van der Waals surface area contributed by atoms with Gasteiger partial charge in [0.2, 0.25) is 0 Å². The first kappa shape index (κ1) is 24.1. The van der Waals surface area contributed by atoms with Crippen molar-refractivity contribution in [1.29, 1.82) is 0 Å². The summed E-state index contributed by atoms with van der Waals surface area (Å²) in [6.45, 7) is 3.65. The molecule has 0 aliphatic carbocycles. The number of nitrogens with zero attached hydrogens (tertiary/aromatic N) is 2. The molecule has 1 aromatic carbocycles. The second kappa shape index (κ2) is 11.1. The van der Waals surface area contributed by atoms with Gasteiger partial charge < -0.3 is 19.9 Å². The molecule has 1 aromatic heterocycles. The number of rotatable bonds is 7. The largest absolute Gasteiger partial charge is 0.484 e. The number of aliphatic imine (C=N–C) groups is 1. The highest BCUT2D eigenvalue weighted by Crippen LogP contribution is 2.19. The molecule has 0 aliphatic heterocycles. The fourth-order valence-electron chi connectivity index (χ4n) is 2.13. The van der Waals surface area contributed by atoms with Gasteiger partial charge in [0.25, 0.3) is 0 Å². The second-order valence-electron chi connectivity index (χ2n) is 6.20. The van der Waals surface area contributed by atoms with Crippen LogP contribution in [0.15, 0.2) is 39.8 Å². The molecule has 10 heteroatoms. The van der Waals surface area contributed by atoms with Gasteiger partial charge in [-0.15, -0.1) is 24.0 Å². The first-order chi connectivity index (χ1) is 12.8. The molecule has 0 bridgehead atoms. The summed E-state index contributed by atoms with van der Waals surface area (Å²) in [5.41, 5.74) is 1.77. The van der Waals surface area contributed by atoms with Gasteiger partial charge in [0.05, 0.1) is 12.2 Å². The second-order valence-corrected chi connectivity index (χ2v) is 6.20. The Labute approximate surface area is 178 Å². The molecule has 0 amide bonds. The summed E-state index contributed by atoms with van der Waals surface area (Å²) in [6, 6.07) is 8.28. The molecular weight excluding hydrogens is 488 g/mol. The van der Waals surface area contributed by atoms with Crippen molar-refractivity contribution in [3.8, 4) is 5.75 Å². The van der Waals surface area contributed by atoms with Crippen molar-refractivity contribution in [2.24, 2.45) is 4.99 Å². The molecule has 2 aromatic rings. The van der Waals surface area contributed by atoms with Crippen LogP contribution in [0.4, 0.5) is 13.2 Å². The molecule has 2 rings (SSSR count). The van der Waals surface area contributed by atoms with Crippen LogP contribution < -0.4 is 15.4 Å². The Bertz CT molecular complexity index is 746. The van der Waals surface area contributed by atoms with Gasteiger partial charge in [0, 0.05) is 19.7 Å². The van der Waals surface area contributed by atoms with Gasteiger partial charge in [0.15, 0.2) is 18.3 Å². The average molecular weight is 512 g/mol. The van der Waals surface area contributed by atoms with Crippen LogP contribution in [-0.2, 0) is 13.1 Å². The van der Waals surface area contributed by atoms with E-state index in [1.165, 1.54) is 12.1 Å². The van der Waals surface area contributed by atoms with E-state index in [2.05, 4.69) is 25.5 Å². The van der Waals surface area contributed by atoms with E-state index in [0.717, 1.165) is 11.3 Å². The third kappa shape index (κ3) is 8.36. The van der Waals surface area contributed by atoms with Crippen LogP contribution >= 0.6 is 24.0 Å². The summed E-state index contributed by atoms with van der Waals surface area (Å²) in [5.74, 6) is 1.73. The molecule has 0 radical (unpaired) electrons. The highest BCUT2D eigenvalue weighted by molar-refractivity contribution is 14.0. The first-order valence-electron chi connectivity index (χ1n) is 8.45. The minimum Gasteiger partial charge on any atom is -0.484 e. The van der Waals surface area contributed by atoms with E-state index in [1.807, 2.05) is 19.9 Å². The van der Waals surface area contributed by atoms with E-state index < -0.39 is 12.8 Å². The molecule has 0 spiro atoms. The lowest BCUT2D eigenvalue weighted by Crippen LogP contribution is -2.36. The maximum atomic E-state index is 12.1. The Morgan fingerprint density at radius 2 is 1.82 bits per heavy atom. The van der Waals surface area contributed by atoms with Crippen molar-refractivity contribution in [2.45, 2.75) is 39.0 Å². The van der Waals surface area contributed by atoms with Crippen LogP contribution in [0.3, 0.4) is 0 Å². The Morgan fingerprint density at radius 1 is 1.18 bits per heavy atom. The molecular formula is C18H24F3IN4O2. The molecule has 6 nitrogen and oxygen atoms in total. The van der Waals surface area contributed by atoms with Gasteiger partial charge in [-0.1, -0.05) is 31.1 Å². The van der Waals surface area contributed by atoms with E-state index in [0.29, 0.717) is 30.7 Å². The number of guanidine groups is 1. The summed E-state index contributed by atoms with van der Waals surface area (Å²) in [7, 11) is 1.64. The summed E-state index contributed by atoms with van der Waals surface area (Å²) in [4.78, 5) is 4.12. The maximum Gasteiger partial charge on any atom is 0.422 e. The lowest BCUT2D eigenvalue weighted by Gasteiger charge is -2.12. The number of alkyl halides is 3.